The summed E-state index contributed by atoms with van der Waals surface area (Å²) in [4.78, 5) is 48.0. The molecule has 1 fully saturated rings. The number of carbonyl (C=O) groups excluding carboxylic acids is 4. The Morgan fingerprint density at radius 2 is 1.40 bits per heavy atom. The number of hydrogen-bond acceptors (Lipinski definition) is 10. The lowest BCUT2D eigenvalue weighted by molar-refractivity contribution is -0.391. The molecule has 12 heteroatoms. The number of halogens is 2. The van der Waals surface area contributed by atoms with E-state index < -0.39 is 57.9 Å². The largest absolute Gasteiger partial charge is 0.392 e. The number of Topliss-reactive ketones (excluding diaryl/α,β-unsaturated/α-hetero) is 3. The maximum atomic E-state index is 12.2. The van der Waals surface area contributed by atoms with E-state index in [1.165, 1.54) is 0 Å². The molecule has 1 saturated heterocycles. The number of ether oxygens (including phenoxy) is 1. The molecule has 1 heterocycles. The fraction of sp³-hybridized carbons (Fsp3) is 0.692. The third kappa shape index (κ3) is 2.20. The van der Waals surface area contributed by atoms with Crippen LogP contribution >= 0.6 is 23.5 Å². The van der Waals surface area contributed by atoms with Gasteiger partial charge in [-0.3, -0.25) is 19.2 Å². The molecule has 142 valence electrons. The van der Waals surface area contributed by atoms with Gasteiger partial charge in [0.2, 0.25) is 21.9 Å². The van der Waals surface area contributed by atoms with Gasteiger partial charge in [-0.05, 0) is 20.8 Å². The van der Waals surface area contributed by atoms with Crippen LogP contribution in [0.4, 0.5) is 0 Å². The standard InChI is InChI=1S/C13H16Cl2O10/c1-6(18)11(21)9(14,4-16)24-10(5-17,25-15)12(22,7(2)19)13(11,23)8(3)20/h5,16,21-23H,4H2,1-3H3/t9-,10?,11-,12+,13+/m0/s1. The van der Waals surface area contributed by atoms with Gasteiger partial charge >= 0.3 is 0 Å². The van der Waals surface area contributed by atoms with Gasteiger partial charge in [0, 0.05) is 0 Å². The summed E-state index contributed by atoms with van der Waals surface area (Å²) in [6.45, 7) is 0.363. The van der Waals surface area contributed by atoms with Gasteiger partial charge in [0.25, 0.3) is 5.79 Å². The van der Waals surface area contributed by atoms with Crippen molar-refractivity contribution in [2.24, 2.45) is 0 Å². The molecule has 0 aromatic heterocycles. The molecule has 0 aromatic rings. The maximum absolute atomic E-state index is 12.2. The van der Waals surface area contributed by atoms with E-state index in [1.807, 2.05) is 0 Å². The highest BCUT2D eigenvalue weighted by Gasteiger charge is 2.87. The Morgan fingerprint density at radius 3 is 1.64 bits per heavy atom. The molecule has 4 N–H and O–H groups in total. The first kappa shape index (κ1) is 22.1. The van der Waals surface area contributed by atoms with Crippen molar-refractivity contribution < 1.29 is 48.6 Å². The van der Waals surface area contributed by atoms with Crippen LogP contribution in [0.15, 0.2) is 0 Å². The van der Waals surface area contributed by atoms with Crippen LogP contribution in [0.1, 0.15) is 20.8 Å². The van der Waals surface area contributed by atoms with Crippen LogP contribution in [-0.4, -0.2) is 78.3 Å². The van der Waals surface area contributed by atoms with E-state index in [9.17, 15) is 39.6 Å². The minimum Gasteiger partial charge on any atom is -0.392 e. The van der Waals surface area contributed by atoms with E-state index in [-0.39, 0.29) is 0 Å². The lowest BCUT2D eigenvalue weighted by atomic mass is 9.58. The van der Waals surface area contributed by atoms with Gasteiger partial charge in [0.1, 0.15) is 0 Å². The van der Waals surface area contributed by atoms with Crippen LogP contribution in [-0.2, 0) is 28.2 Å². The first-order valence-corrected chi connectivity index (χ1v) is 7.37. The Bertz CT molecular complexity index is 640. The lowest BCUT2D eigenvalue weighted by Gasteiger charge is -2.61. The molecule has 10 nitrogen and oxygen atoms in total. The highest BCUT2D eigenvalue weighted by atomic mass is 35.5. The Balaban J connectivity index is 4.18. The number of carbonyl (C=O) groups is 4. The molecule has 5 atom stereocenters. The zero-order chi connectivity index (χ0) is 20.1. The fourth-order valence-corrected chi connectivity index (χ4v) is 3.61. The van der Waals surface area contributed by atoms with E-state index in [0.717, 1.165) is 0 Å². The van der Waals surface area contributed by atoms with Crippen LogP contribution < -0.4 is 0 Å². The van der Waals surface area contributed by atoms with E-state index in [0.29, 0.717) is 20.8 Å². The third-order valence-corrected chi connectivity index (χ3v) is 5.11. The number of aliphatic hydroxyl groups is 4. The first-order valence-electron chi connectivity index (χ1n) is 6.68. The number of aliphatic hydroxyl groups excluding tert-OH is 1. The van der Waals surface area contributed by atoms with Crippen molar-refractivity contribution in [3.05, 3.63) is 0 Å². The average Bonchev–Trinajstić information content (AvgIpc) is 2.55. The summed E-state index contributed by atoms with van der Waals surface area (Å²) in [5.41, 5.74) is -11.1. The zero-order valence-electron chi connectivity index (χ0n) is 13.3. The number of ketones is 3. The second kappa shape index (κ2) is 6.32. The van der Waals surface area contributed by atoms with Gasteiger partial charge in [0.05, 0.1) is 18.5 Å². The van der Waals surface area contributed by atoms with Crippen LogP contribution in [0, 0.1) is 0 Å². The summed E-state index contributed by atoms with van der Waals surface area (Å²) in [6, 6.07) is 0. The molecule has 0 bridgehead atoms. The molecule has 1 rings (SSSR count). The molecular weight excluding hydrogens is 387 g/mol. The molecule has 1 aliphatic heterocycles. The van der Waals surface area contributed by atoms with E-state index >= 15 is 0 Å². The molecule has 0 amide bonds. The second-order valence-corrected chi connectivity index (χ2v) is 6.42. The monoisotopic (exact) mass is 402 g/mol. The van der Waals surface area contributed by atoms with Crippen LogP contribution in [0.3, 0.4) is 0 Å². The van der Waals surface area contributed by atoms with Crippen molar-refractivity contribution in [3.63, 3.8) is 0 Å². The summed E-state index contributed by atoms with van der Waals surface area (Å²) in [6.07, 6.45) is -0.415. The van der Waals surface area contributed by atoms with Crippen LogP contribution in [0.25, 0.3) is 0 Å². The summed E-state index contributed by atoms with van der Waals surface area (Å²) < 4.78 is 9.05. The molecule has 0 spiro atoms. The topological polar surface area (TPSA) is 168 Å². The highest BCUT2D eigenvalue weighted by Crippen LogP contribution is 2.56. The number of rotatable bonds is 6. The van der Waals surface area contributed by atoms with Crippen LogP contribution in [0.2, 0.25) is 0 Å². The van der Waals surface area contributed by atoms with Crippen molar-refractivity contribution >= 4 is 47.1 Å². The predicted molar refractivity (Wildman–Crippen MR) is 79.4 cm³/mol. The normalized spacial score (nSPS) is 44.2. The van der Waals surface area contributed by atoms with Gasteiger partial charge in [-0.1, -0.05) is 11.6 Å². The van der Waals surface area contributed by atoms with Gasteiger partial charge < -0.3 is 25.2 Å². The SMILES string of the molecule is CC(=O)[C@@]1(O)[C@](O)(C(C)=O)[C@](Cl)(CO)OC(C=O)(OCl)[C@]1(O)C(C)=O. The van der Waals surface area contributed by atoms with E-state index in [1.54, 1.807) is 0 Å². The Kier molecular flexibility index (Phi) is 5.58. The lowest BCUT2D eigenvalue weighted by Crippen LogP contribution is -2.92. The Hall–Kier alpha value is -0.980. The maximum Gasteiger partial charge on any atom is 0.285 e. The molecule has 1 unspecified atom stereocenters. The minimum atomic E-state index is -3.78. The van der Waals surface area contributed by atoms with Gasteiger partial charge in [0.15, 0.2) is 23.6 Å². The van der Waals surface area contributed by atoms with Crippen molar-refractivity contribution in [1.29, 1.82) is 0 Å². The summed E-state index contributed by atoms with van der Waals surface area (Å²) >= 11 is 11.0. The van der Waals surface area contributed by atoms with Crippen molar-refractivity contribution in [2.45, 2.75) is 48.4 Å². The molecule has 0 aliphatic carbocycles. The van der Waals surface area contributed by atoms with Gasteiger partial charge in [-0.25, -0.2) is 4.29 Å². The summed E-state index contributed by atoms with van der Waals surface area (Å²) in [5, 5.41) is 39.0. The average molecular weight is 403 g/mol. The first-order chi connectivity index (χ1) is 11.2. The smallest absolute Gasteiger partial charge is 0.285 e. The van der Waals surface area contributed by atoms with Crippen LogP contribution in [0.5, 0.6) is 0 Å². The fourth-order valence-electron chi connectivity index (χ4n) is 3.05. The summed E-state index contributed by atoms with van der Waals surface area (Å²) in [7, 11) is 0. The second-order valence-electron chi connectivity index (χ2n) is 5.65. The van der Waals surface area contributed by atoms with E-state index in [4.69, 9.17) is 28.2 Å². The van der Waals surface area contributed by atoms with Crippen molar-refractivity contribution in [1.82, 2.24) is 0 Å². The van der Waals surface area contributed by atoms with E-state index in [2.05, 4.69) is 4.29 Å². The van der Waals surface area contributed by atoms with Crippen molar-refractivity contribution in [2.75, 3.05) is 6.61 Å². The molecular formula is C13H16Cl2O10. The summed E-state index contributed by atoms with van der Waals surface area (Å²) in [5.74, 6) is -7.92. The minimum absolute atomic E-state index is 0.415. The third-order valence-electron chi connectivity index (χ3n) is 4.41. The zero-order valence-corrected chi connectivity index (χ0v) is 14.8. The molecule has 0 saturated carbocycles. The molecule has 0 radical (unpaired) electrons. The predicted octanol–water partition coefficient (Wildman–Crippen LogP) is -2.03. The molecule has 25 heavy (non-hydrogen) atoms. The number of aldehydes is 1. The highest BCUT2D eigenvalue weighted by molar-refractivity contribution is 6.28. The quantitative estimate of drug-likeness (QED) is 0.287. The number of alkyl halides is 1. The van der Waals surface area contributed by atoms with Gasteiger partial charge in [-0.15, -0.1) is 0 Å². The van der Waals surface area contributed by atoms with Gasteiger partial charge in [-0.2, -0.15) is 0 Å². The molecule has 0 aromatic carbocycles. The Labute approximate surface area is 151 Å². The molecule has 1 aliphatic rings. The van der Waals surface area contributed by atoms with Crippen molar-refractivity contribution in [3.8, 4) is 0 Å². The Morgan fingerprint density at radius 1 is 1.00 bits per heavy atom. The number of hydrogen-bond donors (Lipinski definition) is 4.